The molecule has 27 heavy (non-hydrogen) atoms. The van der Waals surface area contributed by atoms with Crippen molar-refractivity contribution in [3.8, 4) is 0 Å². The number of hydrogen-bond acceptors (Lipinski definition) is 3. The number of rotatable bonds is 8. The minimum atomic E-state index is -0.252. The minimum Gasteiger partial charge on any atom is -0.484 e. The lowest BCUT2D eigenvalue weighted by molar-refractivity contribution is 0.139. The molecule has 1 rings (SSSR count). The third-order valence-electron chi connectivity index (χ3n) is 4.20. The molecule has 0 aliphatic heterocycles. The summed E-state index contributed by atoms with van der Waals surface area (Å²) in [6.45, 7) is 11.8. The lowest BCUT2D eigenvalue weighted by atomic mass is 10.0. The van der Waals surface area contributed by atoms with Gasteiger partial charge in [-0.3, -0.25) is 4.99 Å². The summed E-state index contributed by atoms with van der Waals surface area (Å²) in [6, 6.07) is 4.09. The van der Waals surface area contributed by atoms with Crippen molar-refractivity contribution in [3.63, 3.8) is 0 Å². The number of aryl methyl sites for hydroxylation is 1. The maximum Gasteiger partial charge on any atom is 0.139 e. The van der Waals surface area contributed by atoms with Gasteiger partial charge >= 0.3 is 0 Å². The van der Waals surface area contributed by atoms with Crippen LogP contribution >= 0.6 is 20.8 Å². The van der Waals surface area contributed by atoms with Crippen LogP contribution in [0.4, 0.5) is 0 Å². The Hall–Kier alpha value is -1.83. The van der Waals surface area contributed by atoms with Crippen LogP contribution in [0.15, 0.2) is 64.5 Å². The van der Waals surface area contributed by atoms with E-state index in [9.17, 15) is 0 Å². The molecule has 0 spiro atoms. The first-order valence-electron chi connectivity index (χ1n) is 8.93. The Morgan fingerprint density at radius 2 is 2.07 bits per heavy atom. The Kier molecular flexibility index (Phi) is 9.55. The third-order valence-corrected chi connectivity index (χ3v) is 5.28. The molecule has 2 N–H and O–H groups in total. The van der Waals surface area contributed by atoms with E-state index in [-0.39, 0.29) is 6.10 Å². The molecule has 0 aromatic heterocycles. The van der Waals surface area contributed by atoms with E-state index >= 15 is 0 Å². The molecule has 0 bridgehead atoms. The van der Waals surface area contributed by atoms with E-state index in [2.05, 4.69) is 33.8 Å². The molecule has 0 saturated heterocycles. The monoisotopic (exact) mass is 404 g/mol. The van der Waals surface area contributed by atoms with Crippen molar-refractivity contribution < 1.29 is 4.74 Å². The van der Waals surface area contributed by atoms with Gasteiger partial charge in [0.2, 0.25) is 0 Å². The van der Waals surface area contributed by atoms with Gasteiger partial charge in [0, 0.05) is 24.5 Å². The van der Waals surface area contributed by atoms with Crippen LogP contribution in [0.25, 0.3) is 0 Å². The van der Waals surface area contributed by atoms with E-state index in [1.54, 1.807) is 19.3 Å². The minimum absolute atomic E-state index is 0.252. The predicted molar refractivity (Wildman–Crippen MR) is 123 cm³/mol. The van der Waals surface area contributed by atoms with Crippen LogP contribution in [0.2, 0.25) is 5.02 Å². The van der Waals surface area contributed by atoms with Crippen LogP contribution in [0.1, 0.15) is 44.9 Å². The molecular formula is C22H30ClN2OP. The Morgan fingerprint density at radius 1 is 1.41 bits per heavy atom. The quantitative estimate of drug-likeness (QED) is 0.272. The zero-order valence-corrected chi connectivity index (χ0v) is 18.8. The first kappa shape index (κ1) is 23.2. The highest BCUT2D eigenvalue weighted by atomic mass is 35.5. The second-order valence-corrected chi connectivity index (χ2v) is 7.14. The number of nitrogens with two attached hydrogens (primary N) is 1. The van der Waals surface area contributed by atoms with Crippen molar-refractivity contribution in [1.29, 1.82) is 0 Å². The van der Waals surface area contributed by atoms with Crippen LogP contribution in [-0.2, 0) is 11.2 Å². The van der Waals surface area contributed by atoms with Crippen LogP contribution in [0.5, 0.6) is 0 Å². The molecule has 146 valence electrons. The Morgan fingerprint density at radius 3 is 2.56 bits per heavy atom. The molecule has 2 unspecified atom stereocenters. The largest absolute Gasteiger partial charge is 0.484 e. The van der Waals surface area contributed by atoms with Crippen LogP contribution in [0.3, 0.4) is 0 Å². The van der Waals surface area contributed by atoms with Crippen molar-refractivity contribution in [2.75, 3.05) is 7.05 Å². The lowest BCUT2D eigenvalue weighted by Crippen LogP contribution is -2.11. The Bertz CT molecular complexity index is 803. The number of benzene rings is 1. The summed E-state index contributed by atoms with van der Waals surface area (Å²) in [5.74, 6) is 0.591. The van der Waals surface area contributed by atoms with Gasteiger partial charge in [0.25, 0.3) is 0 Å². The second-order valence-electron chi connectivity index (χ2n) is 6.14. The highest BCUT2D eigenvalue weighted by molar-refractivity contribution is 7.28. The molecule has 1 aromatic carbocycles. The summed E-state index contributed by atoms with van der Waals surface area (Å²) in [6.07, 6.45) is 8.03. The smallest absolute Gasteiger partial charge is 0.139 e. The number of halogens is 1. The number of hydrogen-bond donors (Lipinski definition) is 1. The molecule has 0 heterocycles. The van der Waals surface area contributed by atoms with E-state index in [1.165, 1.54) is 0 Å². The van der Waals surface area contributed by atoms with Crippen LogP contribution in [-0.4, -0.2) is 13.3 Å². The summed E-state index contributed by atoms with van der Waals surface area (Å²) in [5.41, 5.74) is 10.7. The lowest BCUT2D eigenvalue weighted by Gasteiger charge is -2.22. The summed E-state index contributed by atoms with van der Waals surface area (Å²) >= 11 is 6.58. The molecule has 3 nitrogen and oxygen atoms in total. The Balaban J connectivity index is 3.34. The van der Waals surface area contributed by atoms with Crippen molar-refractivity contribution in [2.24, 2.45) is 10.7 Å². The van der Waals surface area contributed by atoms with E-state index < -0.39 is 0 Å². The highest BCUT2D eigenvalue weighted by Crippen LogP contribution is 2.32. The van der Waals surface area contributed by atoms with Crippen molar-refractivity contribution in [1.82, 2.24) is 0 Å². The summed E-state index contributed by atoms with van der Waals surface area (Å²) in [4.78, 5) is 4.09. The number of ether oxygens (including phenoxy) is 1. The molecule has 0 aliphatic rings. The molecule has 1 aromatic rings. The van der Waals surface area contributed by atoms with Gasteiger partial charge in [0.05, 0.1) is 5.02 Å². The molecule has 0 radical (unpaired) electrons. The molecule has 0 saturated carbocycles. The van der Waals surface area contributed by atoms with Gasteiger partial charge in [-0.1, -0.05) is 49.4 Å². The van der Waals surface area contributed by atoms with Crippen molar-refractivity contribution in [3.05, 3.63) is 75.7 Å². The number of allylic oxidation sites excluding steroid dienone is 6. The molecule has 0 aliphatic carbocycles. The fraction of sp³-hybridized carbons (Fsp3) is 0.318. The maximum atomic E-state index is 6.58. The average Bonchev–Trinajstić information content (AvgIpc) is 2.65. The average molecular weight is 405 g/mol. The third kappa shape index (κ3) is 6.09. The number of aliphatic imine (C=N–C) groups is 1. The zero-order valence-electron chi connectivity index (χ0n) is 16.8. The van der Waals surface area contributed by atoms with Crippen molar-refractivity contribution >= 4 is 32.4 Å². The Labute approximate surface area is 170 Å². The predicted octanol–water partition coefficient (Wildman–Crippen LogP) is 5.43. The van der Waals surface area contributed by atoms with Crippen LogP contribution in [0, 0.1) is 0 Å². The summed E-state index contributed by atoms with van der Waals surface area (Å²) in [5, 5.41) is 1.66. The van der Waals surface area contributed by atoms with E-state index in [0.717, 1.165) is 34.0 Å². The topological polar surface area (TPSA) is 47.6 Å². The molecule has 5 heteroatoms. The molecule has 0 amide bonds. The van der Waals surface area contributed by atoms with Gasteiger partial charge in [-0.25, -0.2) is 0 Å². The van der Waals surface area contributed by atoms with Gasteiger partial charge < -0.3 is 10.5 Å². The fourth-order valence-corrected chi connectivity index (χ4v) is 3.33. The van der Waals surface area contributed by atoms with E-state index in [0.29, 0.717) is 16.5 Å². The fourth-order valence-electron chi connectivity index (χ4n) is 2.74. The second kappa shape index (κ2) is 11.1. The molecular weight excluding hydrogens is 375 g/mol. The van der Waals surface area contributed by atoms with E-state index in [1.807, 2.05) is 39.0 Å². The van der Waals surface area contributed by atoms with Gasteiger partial charge in [0.15, 0.2) is 0 Å². The summed E-state index contributed by atoms with van der Waals surface area (Å²) in [7, 11) is 4.40. The standard InChI is InChI=1S/C22H30ClN2OP/c1-7-16-10-11-20(27)22(23)21(16)15(5)26-19(14(4)24)12-17(8-2)18(9-3)13-25-6/h8-13,15H,2,7,24,27H2,1,3-6H3/b17-12+,18-9+,19-14-,25-13?. The first-order chi connectivity index (χ1) is 12.8. The van der Waals surface area contributed by atoms with Crippen LogP contribution < -0.4 is 11.0 Å². The molecule has 0 fully saturated rings. The SMILES string of the molecule is C=CC(=C\C(OC(C)c1c(CC)ccc(P)c1Cl)=C(/C)N)/C(C=NC)=C/C. The molecule has 2 atom stereocenters. The summed E-state index contributed by atoms with van der Waals surface area (Å²) < 4.78 is 6.25. The van der Waals surface area contributed by atoms with Gasteiger partial charge in [-0.05, 0) is 55.3 Å². The first-order valence-corrected chi connectivity index (χ1v) is 9.88. The van der Waals surface area contributed by atoms with Gasteiger partial charge in [0.1, 0.15) is 11.9 Å². The van der Waals surface area contributed by atoms with E-state index in [4.69, 9.17) is 22.1 Å². The highest BCUT2D eigenvalue weighted by Gasteiger charge is 2.18. The van der Waals surface area contributed by atoms with Gasteiger partial charge in [-0.2, -0.15) is 0 Å². The van der Waals surface area contributed by atoms with Gasteiger partial charge in [-0.15, -0.1) is 9.24 Å². The zero-order chi connectivity index (χ0) is 20.6. The van der Waals surface area contributed by atoms with Crippen molar-refractivity contribution in [2.45, 2.75) is 40.2 Å². The number of nitrogens with zero attached hydrogens (tertiary/aromatic N) is 1. The maximum absolute atomic E-state index is 6.58. The normalized spacial score (nSPS) is 14.9.